The number of aromatic nitrogens is 1. The van der Waals surface area contributed by atoms with Gasteiger partial charge >= 0.3 is 5.97 Å². The van der Waals surface area contributed by atoms with E-state index >= 15 is 0 Å². The van der Waals surface area contributed by atoms with Gasteiger partial charge in [-0.05, 0) is 37.3 Å². The molecule has 1 aromatic carbocycles. The number of hydrogen-bond acceptors (Lipinski definition) is 5. The summed E-state index contributed by atoms with van der Waals surface area (Å²) < 4.78 is 4.88. The number of ether oxygens (including phenoxy) is 1. The van der Waals surface area contributed by atoms with E-state index < -0.39 is 17.8 Å². The van der Waals surface area contributed by atoms with Crippen LogP contribution in [-0.2, 0) is 9.53 Å². The van der Waals surface area contributed by atoms with Crippen LogP contribution in [0.5, 0.6) is 0 Å². The lowest BCUT2D eigenvalue weighted by molar-refractivity contribution is -0.115. The van der Waals surface area contributed by atoms with E-state index in [1.807, 2.05) is 0 Å². The fraction of sp³-hybridized carbons (Fsp3) is 0.176. The normalized spacial score (nSPS) is 10.1. The van der Waals surface area contributed by atoms with E-state index in [2.05, 4.69) is 15.6 Å². The van der Waals surface area contributed by atoms with Gasteiger partial charge in [0.25, 0.3) is 5.91 Å². The van der Waals surface area contributed by atoms with Gasteiger partial charge in [0.1, 0.15) is 5.82 Å². The maximum Gasteiger partial charge on any atom is 0.338 e. The molecule has 1 aromatic heterocycles. The zero-order chi connectivity index (χ0) is 19.1. The minimum atomic E-state index is -0.518. The van der Waals surface area contributed by atoms with Crippen LogP contribution in [0, 0.1) is 0 Å². The SMILES string of the molecule is CCOC(=O)c1ccnc(NC(=O)CNC(=O)c2ccc(Cl)cc2Cl)c1. The van der Waals surface area contributed by atoms with Gasteiger partial charge in [-0.15, -0.1) is 0 Å². The number of nitrogens with one attached hydrogen (secondary N) is 2. The Balaban J connectivity index is 1.93. The highest BCUT2D eigenvalue weighted by Gasteiger charge is 2.13. The molecule has 2 rings (SSSR count). The number of nitrogens with zero attached hydrogens (tertiary/aromatic N) is 1. The minimum Gasteiger partial charge on any atom is -0.462 e. The summed E-state index contributed by atoms with van der Waals surface area (Å²) in [4.78, 5) is 39.6. The highest BCUT2D eigenvalue weighted by Crippen LogP contribution is 2.20. The zero-order valence-corrected chi connectivity index (χ0v) is 15.2. The molecule has 0 saturated heterocycles. The first-order chi connectivity index (χ1) is 12.4. The van der Waals surface area contributed by atoms with Crippen LogP contribution in [0.4, 0.5) is 5.82 Å². The summed E-state index contributed by atoms with van der Waals surface area (Å²) in [5.74, 6) is -1.39. The Bertz CT molecular complexity index is 843. The Morgan fingerprint density at radius 1 is 1.15 bits per heavy atom. The molecular weight excluding hydrogens is 381 g/mol. The number of hydrogen-bond donors (Lipinski definition) is 2. The lowest BCUT2D eigenvalue weighted by Crippen LogP contribution is -2.33. The second-order valence-electron chi connectivity index (χ2n) is 5.01. The molecule has 2 N–H and O–H groups in total. The van der Waals surface area contributed by atoms with E-state index in [4.69, 9.17) is 27.9 Å². The smallest absolute Gasteiger partial charge is 0.338 e. The number of rotatable bonds is 6. The third-order valence-corrected chi connectivity index (χ3v) is 3.67. The predicted molar refractivity (Wildman–Crippen MR) is 97.6 cm³/mol. The third-order valence-electron chi connectivity index (χ3n) is 3.12. The fourth-order valence-electron chi connectivity index (χ4n) is 1.96. The quantitative estimate of drug-likeness (QED) is 0.732. The summed E-state index contributed by atoms with van der Waals surface area (Å²) in [6, 6.07) is 7.27. The van der Waals surface area contributed by atoms with Crippen molar-refractivity contribution in [3.05, 3.63) is 57.7 Å². The van der Waals surface area contributed by atoms with Crippen LogP contribution >= 0.6 is 23.2 Å². The van der Waals surface area contributed by atoms with Gasteiger partial charge in [0, 0.05) is 11.2 Å². The molecule has 0 aliphatic rings. The van der Waals surface area contributed by atoms with E-state index in [9.17, 15) is 14.4 Å². The maximum absolute atomic E-state index is 12.1. The average molecular weight is 396 g/mol. The first-order valence-corrected chi connectivity index (χ1v) is 8.32. The second-order valence-corrected chi connectivity index (χ2v) is 5.85. The molecule has 0 fully saturated rings. The van der Waals surface area contributed by atoms with E-state index in [1.165, 1.54) is 36.5 Å². The van der Waals surface area contributed by atoms with Crippen LogP contribution in [0.15, 0.2) is 36.5 Å². The van der Waals surface area contributed by atoms with Gasteiger partial charge < -0.3 is 15.4 Å². The van der Waals surface area contributed by atoms with E-state index in [1.54, 1.807) is 6.92 Å². The molecule has 9 heteroatoms. The first kappa shape index (κ1) is 19.7. The molecule has 0 aliphatic carbocycles. The van der Waals surface area contributed by atoms with Crippen LogP contribution in [-0.4, -0.2) is 35.9 Å². The molecule has 7 nitrogen and oxygen atoms in total. The van der Waals surface area contributed by atoms with Crippen LogP contribution < -0.4 is 10.6 Å². The number of anilines is 1. The molecule has 1 heterocycles. The lowest BCUT2D eigenvalue weighted by Gasteiger charge is -2.08. The number of pyridine rings is 1. The number of carbonyl (C=O) groups is 3. The standard InChI is InChI=1S/C17H15Cl2N3O4/c1-2-26-17(25)10-5-6-20-14(7-10)22-15(23)9-21-16(24)12-4-3-11(18)8-13(12)19/h3-8H,2,9H2,1H3,(H,21,24)(H,20,22,23). The van der Waals surface area contributed by atoms with Crippen molar-refractivity contribution in [1.29, 1.82) is 0 Å². The zero-order valence-electron chi connectivity index (χ0n) is 13.7. The van der Waals surface area contributed by atoms with Crippen molar-refractivity contribution in [3.8, 4) is 0 Å². The van der Waals surface area contributed by atoms with E-state index in [-0.39, 0.29) is 35.1 Å². The van der Waals surface area contributed by atoms with Gasteiger partial charge in [0.2, 0.25) is 5.91 Å². The van der Waals surface area contributed by atoms with Crippen LogP contribution in [0.1, 0.15) is 27.6 Å². The monoisotopic (exact) mass is 395 g/mol. The van der Waals surface area contributed by atoms with Crippen molar-refractivity contribution < 1.29 is 19.1 Å². The molecule has 2 aromatic rings. The second kappa shape index (κ2) is 9.17. The van der Waals surface area contributed by atoms with Crippen LogP contribution in [0.2, 0.25) is 10.0 Å². The van der Waals surface area contributed by atoms with Crippen molar-refractivity contribution in [3.63, 3.8) is 0 Å². The summed E-state index contributed by atoms with van der Waals surface area (Å²) in [6.07, 6.45) is 1.37. The Hall–Kier alpha value is -2.64. The number of benzene rings is 1. The number of carbonyl (C=O) groups excluding carboxylic acids is 3. The van der Waals surface area contributed by atoms with Gasteiger partial charge in [-0.3, -0.25) is 9.59 Å². The molecule has 2 amide bonds. The number of esters is 1. The highest BCUT2D eigenvalue weighted by atomic mass is 35.5. The first-order valence-electron chi connectivity index (χ1n) is 7.57. The van der Waals surface area contributed by atoms with Crippen molar-refractivity contribution in [2.75, 3.05) is 18.5 Å². The average Bonchev–Trinajstić information content (AvgIpc) is 2.60. The van der Waals surface area contributed by atoms with Crippen molar-refractivity contribution in [2.45, 2.75) is 6.92 Å². The summed E-state index contributed by atoms with van der Waals surface area (Å²) >= 11 is 11.7. The molecular formula is C17H15Cl2N3O4. The van der Waals surface area contributed by atoms with Crippen molar-refractivity contribution in [1.82, 2.24) is 10.3 Å². The Morgan fingerprint density at radius 2 is 1.92 bits per heavy atom. The van der Waals surface area contributed by atoms with Crippen LogP contribution in [0.25, 0.3) is 0 Å². The van der Waals surface area contributed by atoms with Gasteiger partial charge in [0.15, 0.2) is 0 Å². The largest absolute Gasteiger partial charge is 0.462 e. The third kappa shape index (κ3) is 5.44. The summed E-state index contributed by atoms with van der Waals surface area (Å²) in [5.41, 5.74) is 0.459. The molecule has 26 heavy (non-hydrogen) atoms. The van der Waals surface area contributed by atoms with Gasteiger partial charge in [-0.25, -0.2) is 9.78 Å². The van der Waals surface area contributed by atoms with Crippen molar-refractivity contribution >= 4 is 46.8 Å². The molecule has 0 saturated carbocycles. The van der Waals surface area contributed by atoms with E-state index in [0.717, 1.165) is 0 Å². The van der Waals surface area contributed by atoms with Crippen molar-refractivity contribution in [2.24, 2.45) is 0 Å². The number of amides is 2. The Labute approximate surface area is 159 Å². The lowest BCUT2D eigenvalue weighted by atomic mass is 10.2. The molecule has 0 unspecified atom stereocenters. The highest BCUT2D eigenvalue weighted by molar-refractivity contribution is 6.36. The van der Waals surface area contributed by atoms with Gasteiger partial charge in [-0.2, -0.15) is 0 Å². The summed E-state index contributed by atoms with van der Waals surface area (Å²) in [7, 11) is 0. The van der Waals surface area contributed by atoms with E-state index in [0.29, 0.717) is 5.02 Å². The molecule has 0 bridgehead atoms. The molecule has 136 valence electrons. The topological polar surface area (TPSA) is 97.4 Å². The predicted octanol–water partition coefficient (Wildman–Crippen LogP) is 2.93. The summed E-state index contributed by atoms with van der Waals surface area (Å²) in [6.45, 7) is 1.63. The molecule has 0 radical (unpaired) electrons. The fourth-order valence-corrected chi connectivity index (χ4v) is 2.45. The molecule has 0 aliphatic heterocycles. The molecule has 0 atom stereocenters. The molecule has 0 spiro atoms. The minimum absolute atomic E-state index is 0.166. The van der Waals surface area contributed by atoms with Crippen LogP contribution in [0.3, 0.4) is 0 Å². The summed E-state index contributed by atoms with van der Waals surface area (Å²) in [5, 5.41) is 5.50. The Morgan fingerprint density at radius 3 is 2.62 bits per heavy atom. The van der Waals surface area contributed by atoms with Gasteiger partial charge in [-0.1, -0.05) is 23.2 Å². The Kier molecular flexibility index (Phi) is 6.94. The number of halogens is 2. The maximum atomic E-state index is 12.1. The van der Waals surface area contributed by atoms with Gasteiger partial charge in [0.05, 0.1) is 29.3 Å².